The summed E-state index contributed by atoms with van der Waals surface area (Å²) in [6, 6.07) is 8.32. The normalized spacial score (nSPS) is 26.2. The molecule has 3 aliphatic heterocycles. The van der Waals surface area contributed by atoms with Crippen LogP contribution in [0.1, 0.15) is 24.8 Å². The summed E-state index contributed by atoms with van der Waals surface area (Å²) < 4.78 is 34.6. The molecule has 1 aromatic carbocycles. The van der Waals surface area contributed by atoms with Crippen molar-refractivity contribution in [3.8, 4) is 5.75 Å². The van der Waals surface area contributed by atoms with E-state index in [0.717, 1.165) is 57.7 Å². The Labute approximate surface area is 156 Å². The predicted molar refractivity (Wildman–Crippen MR) is 101 cm³/mol. The van der Waals surface area contributed by atoms with Crippen LogP contribution in [-0.2, 0) is 16.6 Å². The van der Waals surface area contributed by atoms with Gasteiger partial charge in [-0.05, 0) is 43.2 Å². The third-order valence-corrected chi connectivity index (χ3v) is 7.87. The zero-order valence-corrected chi connectivity index (χ0v) is 16.2. The molecule has 1 atom stereocenters. The van der Waals surface area contributed by atoms with Gasteiger partial charge in [0.05, 0.1) is 6.61 Å². The molecule has 0 radical (unpaired) electrons. The summed E-state index contributed by atoms with van der Waals surface area (Å²) in [5, 5.41) is 0. The average Bonchev–Trinajstić information content (AvgIpc) is 3.12. The van der Waals surface area contributed by atoms with Crippen LogP contribution >= 0.6 is 0 Å². The zero-order chi connectivity index (χ0) is 18.0. The van der Waals surface area contributed by atoms with E-state index in [0.29, 0.717) is 32.1 Å². The molecule has 144 valence electrons. The molecule has 2 saturated heterocycles. The van der Waals surface area contributed by atoms with Gasteiger partial charge in [0.15, 0.2) is 0 Å². The molecule has 0 unspecified atom stereocenters. The summed E-state index contributed by atoms with van der Waals surface area (Å²) in [6.45, 7) is 6.03. The van der Waals surface area contributed by atoms with Gasteiger partial charge in [-0.2, -0.15) is 17.0 Å². The van der Waals surface area contributed by atoms with E-state index in [1.807, 2.05) is 6.07 Å². The van der Waals surface area contributed by atoms with Gasteiger partial charge in [0.1, 0.15) is 5.75 Å². The first-order valence-corrected chi connectivity index (χ1v) is 11.2. The Balaban J connectivity index is 1.31. The van der Waals surface area contributed by atoms with Gasteiger partial charge in [-0.3, -0.25) is 0 Å². The topological polar surface area (TPSA) is 53.1 Å². The van der Waals surface area contributed by atoms with Gasteiger partial charge in [-0.1, -0.05) is 18.2 Å². The molecule has 0 bridgehead atoms. The first-order valence-electron chi connectivity index (χ1n) is 9.81. The van der Waals surface area contributed by atoms with Gasteiger partial charge in [-0.25, -0.2) is 0 Å². The van der Waals surface area contributed by atoms with Crippen LogP contribution in [0.2, 0.25) is 0 Å². The van der Waals surface area contributed by atoms with E-state index in [9.17, 15) is 8.42 Å². The second kappa shape index (κ2) is 7.84. The number of piperazine rings is 1. The number of hydrogen-bond donors (Lipinski definition) is 0. The van der Waals surface area contributed by atoms with Crippen molar-refractivity contribution in [1.82, 2.24) is 13.5 Å². The molecule has 0 saturated carbocycles. The molecule has 3 heterocycles. The molecule has 0 N–H and O–H groups in total. The molecule has 2 fully saturated rings. The Morgan fingerprint density at radius 1 is 0.962 bits per heavy atom. The smallest absolute Gasteiger partial charge is 0.282 e. The van der Waals surface area contributed by atoms with E-state index in [4.69, 9.17) is 4.74 Å². The summed E-state index contributed by atoms with van der Waals surface area (Å²) in [5.41, 5.74) is 1.30. The summed E-state index contributed by atoms with van der Waals surface area (Å²) in [7, 11) is -3.24. The van der Waals surface area contributed by atoms with E-state index in [1.165, 1.54) is 5.56 Å². The maximum atomic E-state index is 12.7. The molecule has 4 rings (SSSR count). The Morgan fingerprint density at radius 3 is 2.42 bits per heavy atom. The van der Waals surface area contributed by atoms with Crippen LogP contribution in [0.4, 0.5) is 0 Å². The van der Waals surface area contributed by atoms with Crippen molar-refractivity contribution in [2.24, 2.45) is 5.92 Å². The molecule has 3 aliphatic rings. The Morgan fingerprint density at radius 2 is 1.65 bits per heavy atom. The SMILES string of the molecule is O=S(=O)(N1CCCC1)N1CCN(C[C@@H]2CCOc3ccccc3C2)CC1. The Kier molecular flexibility index (Phi) is 5.50. The molecule has 6 nitrogen and oxygen atoms in total. The second-order valence-corrected chi connectivity index (χ2v) is 9.56. The minimum Gasteiger partial charge on any atom is -0.493 e. The highest BCUT2D eigenvalue weighted by molar-refractivity contribution is 7.86. The highest BCUT2D eigenvalue weighted by Gasteiger charge is 2.34. The fraction of sp³-hybridized carbons (Fsp3) is 0.684. The number of hydrogen-bond acceptors (Lipinski definition) is 4. The lowest BCUT2D eigenvalue weighted by molar-refractivity contribution is 0.153. The molecule has 26 heavy (non-hydrogen) atoms. The largest absolute Gasteiger partial charge is 0.493 e. The number of para-hydroxylation sites is 1. The molecular formula is C19H29N3O3S. The van der Waals surface area contributed by atoms with Gasteiger partial charge >= 0.3 is 0 Å². The molecule has 7 heteroatoms. The van der Waals surface area contributed by atoms with E-state index in [-0.39, 0.29) is 0 Å². The van der Waals surface area contributed by atoms with Crippen molar-refractivity contribution < 1.29 is 13.2 Å². The monoisotopic (exact) mass is 379 g/mol. The molecule has 1 aromatic rings. The second-order valence-electron chi connectivity index (χ2n) is 7.63. The van der Waals surface area contributed by atoms with Gasteiger partial charge < -0.3 is 9.64 Å². The number of ether oxygens (including phenoxy) is 1. The zero-order valence-electron chi connectivity index (χ0n) is 15.3. The predicted octanol–water partition coefficient (Wildman–Crippen LogP) is 1.59. The van der Waals surface area contributed by atoms with E-state index in [1.54, 1.807) is 8.61 Å². The fourth-order valence-corrected chi connectivity index (χ4v) is 5.98. The highest BCUT2D eigenvalue weighted by atomic mass is 32.2. The van der Waals surface area contributed by atoms with Crippen LogP contribution in [0.5, 0.6) is 5.75 Å². The molecule has 0 amide bonds. The van der Waals surface area contributed by atoms with Crippen molar-refractivity contribution in [1.29, 1.82) is 0 Å². The van der Waals surface area contributed by atoms with E-state index in [2.05, 4.69) is 23.1 Å². The van der Waals surface area contributed by atoms with Crippen LogP contribution < -0.4 is 4.74 Å². The van der Waals surface area contributed by atoms with Gasteiger partial charge in [0, 0.05) is 45.8 Å². The summed E-state index contributed by atoms with van der Waals surface area (Å²) in [5.74, 6) is 1.59. The van der Waals surface area contributed by atoms with Crippen LogP contribution in [0.3, 0.4) is 0 Å². The maximum Gasteiger partial charge on any atom is 0.282 e. The molecular weight excluding hydrogens is 350 g/mol. The first-order chi connectivity index (χ1) is 12.6. The highest BCUT2D eigenvalue weighted by Crippen LogP contribution is 2.27. The number of benzene rings is 1. The number of nitrogens with zero attached hydrogens (tertiary/aromatic N) is 3. The average molecular weight is 380 g/mol. The maximum absolute atomic E-state index is 12.7. The lowest BCUT2D eigenvalue weighted by Crippen LogP contribution is -2.53. The summed E-state index contributed by atoms with van der Waals surface area (Å²) in [6.07, 6.45) is 4.08. The molecule has 0 aliphatic carbocycles. The van der Waals surface area contributed by atoms with Crippen molar-refractivity contribution in [3.05, 3.63) is 29.8 Å². The van der Waals surface area contributed by atoms with Gasteiger partial charge in [-0.15, -0.1) is 0 Å². The number of fused-ring (bicyclic) bond motifs is 1. The quantitative estimate of drug-likeness (QED) is 0.797. The third kappa shape index (κ3) is 3.91. The third-order valence-electron chi connectivity index (χ3n) is 5.83. The van der Waals surface area contributed by atoms with Crippen LogP contribution in [0, 0.1) is 5.92 Å². The molecule has 0 spiro atoms. The van der Waals surface area contributed by atoms with Crippen LogP contribution in [0.25, 0.3) is 0 Å². The van der Waals surface area contributed by atoms with Gasteiger partial charge in [0.2, 0.25) is 0 Å². The Hall–Kier alpha value is -1.15. The first kappa shape index (κ1) is 18.2. The van der Waals surface area contributed by atoms with Crippen LogP contribution in [0.15, 0.2) is 24.3 Å². The minimum atomic E-state index is -3.24. The number of rotatable bonds is 4. The van der Waals surface area contributed by atoms with Crippen molar-refractivity contribution in [2.75, 3.05) is 52.4 Å². The summed E-state index contributed by atoms with van der Waals surface area (Å²) >= 11 is 0. The Bertz CT molecular complexity index is 710. The summed E-state index contributed by atoms with van der Waals surface area (Å²) in [4.78, 5) is 2.43. The van der Waals surface area contributed by atoms with Crippen LogP contribution in [-0.4, -0.2) is 74.3 Å². The lowest BCUT2D eigenvalue weighted by atomic mass is 9.96. The van der Waals surface area contributed by atoms with E-state index < -0.39 is 10.2 Å². The van der Waals surface area contributed by atoms with Gasteiger partial charge in [0.25, 0.3) is 10.2 Å². The van der Waals surface area contributed by atoms with Crippen molar-refractivity contribution in [2.45, 2.75) is 25.7 Å². The standard InChI is InChI=1S/C19H29N3O3S/c23-26(24,21-8-3-4-9-21)22-12-10-20(11-13-22)16-17-7-14-25-19-6-2-1-5-18(19)15-17/h1-2,5-6,17H,3-4,7-16H2/t17-/m1/s1. The molecule has 0 aromatic heterocycles. The van der Waals surface area contributed by atoms with Crippen molar-refractivity contribution in [3.63, 3.8) is 0 Å². The van der Waals surface area contributed by atoms with E-state index >= 15 is 0 Å². The minimum absolute atomic E-state index is 0.570. The lowest BCUT2D eigenvalue weighted by Gasteiger charge is -2.37. The van der Waals surface area contributed by atoms with Crippen molar-refractivity contribution >= 4 is 10.2 Å². The fourth-order valence-electron chi connectivity index (χ4n) is 4.31.